The summed E-state index contributed by atoms with van der Waals surface area (Å²) in [6, 6.07) is 13.5. The van der Waals surface area contributed by atoms with E-state index in [1.165, 1.54) is 24.0 Å². The maximum absolute atomic E-state index is 13.1. The van der Waals surface area contributed by atoms with Crippen molar-refractivity contribution in [2.75, 3.05) is 6.54 Å². The summed E-state index contributed by atoms with van der Waals surface area (Å²) in [6.07, 6.45) is 3.63. The minimum absolute atomic E-state index is 0.107. The Balaban J connectivity index is 1.50. The van der Waals surface area contributed by atoms with Gasteiger partial charge in [-0.15, -0.1) is 0 Å². The monoisotopic (exact) mass is 398 g/mol. The van der Waals surface area contributed by atoms with E-state index in [9.17, 15) is 13.2 Å². The van der Waals surface area contributed by atoms with Crippen molar-refractivity contribution in [2.24, 2.45) is 11.1 Å². The van der Waals surface area contributed by atoms with Crippen molar-refractivity contribution >= 4 is 15.9 Å². The van der Waals surface area contributed by atoms with Gasteiger partial charge in [0.25, 0.3) is 0 Å². The Morgan fingerprint density at radius 2 is 1.86 bits per heavy atom. The molecule has 1 heterocycles. The number of amides is 1. The molecule has 2 aromatic rings. The molecule has 1 fully saturated rings. The summed E-state index contributed by atoms with van der Waals surface area (Å²) in [4.78, 5) is 15.0. The van der Waals surface area contributed by atoms with Gasteiger partial charge in [0.05, 0.1) is 4.90 Å². The first-order valence-corrected chi connectivity index (χ1v) is 11.3. The topological polar surface area (TPSA) is 80.5 Å². The van der Waals surface area contributed by atoms with E-state index in [4.69, 9.17) is 5.14 Å². The van der Waals surface area contributed by atoms with Crippen LogP contribution in [0.5, 0.6) is 0 Å². The second kappa shape index (κ2) is 7.33. The molecule has 1 atom stereocenters. The molecule has 1 saturated carbocycles. The van der Waals surface area contributed by atoms with Crippen LogP contribution in [-0.2, 0) is 27.8 Å². The van der Waals surface area contributed by atoms with E-state index < -0.39 is 10.0 Å². The lowest BCUT2D eigenvalue weighted by Gasteiger charge is -2.30. The van der Waals surface area contributed by atoms with Crippen LogP contribution in [0.2, 0.25) is 0 Å². The Bertz CT molecular complexity index is 995. The average Bonchev–Trinajstić information content (AvgIpc) is 3.50. The molecule has 1 unspecified atom stereocenters. The zero-order valence-electron chi connectivity index (χ0n) is 16.1. The Morgan fingerprint density at radius 1 is 1.14 bits per heavy atom. The van der Waals surface area contributed by atoms with Gasteiger partial charge in [0.15, 0.2) is 0 Å². The summed E-state index contributed by atoms with van der Waals surface area (Å²) in [5, 5.41) is 5.26. The maximum Gasteiger partial charge on any atom is 0.238 e. The van der Waals surface area contributed by atoms with Crippen LogP contribution in [0.1, 0.15) is 47.4 Å². The number of nitrogens with two attached hydrogens (primary N) is 1. The van der Waals surface area contributed by atoms with Crippen molar-refractivity contribution in [1.82, 2.24) is 4.90 Å². The van der Waals surface area contributed by atoms with Crippen molar-refractivity contribution in [1.29, 1.82) is 0 Å². The smallest absolute Gasteiger partial charge is 0.238 e. The van der Waals surface area contributed by atoms with Crippen LogP contribution in [0.4, 0.5) is 0 Å². The van der Waals surface area contributed by atoms with Gasteiger partial charge in [0.2, 0.25) is 15.9 Å². The van der Waals surface area contributed by atoms with Gasteiger partial charge < -0.3 is 4.90 Å². The van der Waals surface area contributed by atoms with Crippen molar-refractivity contribution in [3.8, 4) is 0 Å². The molecule has 0 bridgehead atoms. The molecule has 2 N–H and O–H groups in total. The molecule has 0 aromatic heterocycles. The number of primary sulfonamides is 1. The molecule has 2 aliphatic rings. The van der Waals surface area contributed by atoms with E-state index in [1.54, 1.807) is 12.1 Å². The molecule has 2 aromatic carbocycles. The number of fused-ring (bicyclic) bond motifs is 1. The fraction of sp³-hybridized carbons (Fsp3) is 0.409. The van der Waals surface area contributed by atoms with E-state index >= 15 is 0 Å². The van der Waals surface area contributed by atoms with Gasteiger partial charge in [0.1, 0.15) is 0 Å². The van der Waals surface area contributed by atoms with Crippen LogP contribution in [0.25, 0.3) is 0 Å². The third-order valence-corrected chi connectivity index (χ3v) is 6.87. The zero-order valence-corrected chi connectivity index (χ0v) is 16.9. The first-order valence-electron chi connectivity index (χ1n) is 9.80. The standard InChI is InChI=1S/C22H26N2O3S/c1-15-2-4-17(5-3-15)21(18-6-7-18)13-22(25)24-11-10-16-8-9-20(28(23,26)27)12-19(16)14-24/h2-5,8-9,12,18,21H,6-7,10-11,13-14H2,1H3,(H2,23,26,27). The average molecular weight is 399 g/mol. The highest BCUT2D eigenvalue weighted by atomic mass is 32.2. The number of aryl methyl sites for hydroxylation is 1. The van der Waals surface area contributed by atoms with E-state index in [2.05, 4.69) is 31.2 Å². The Morgan fingerprint density at radius 3 is 2.50 bits per heavy atom. The van der Waals surface area contributed by atoms with Gasteiger partial charge in [-0.05, 0) is 66.8 Å². The first kappa shape index (κ1) is 19.2. The van der Waals surface area contributed by atoms with Crippen LogP contribution in [-0.4, -0.2) is 25.8 Å². The Hall–Kier alpha value is -2.18. The van der Waals surface area contributed by atoms with Gasteiger partial charge in [-0.25, -0.2) is 13.6 Å². The highest BCUT2D eigenvalue weighted by molar-refractivity contribution is 7.89. The molecular weight excluding hydrogens is 372 g/mol. The number of hydrogen-bond acceptors (Lipinski definition) is 3. The molecule has 4 rings (SSSR count). The summed E-state index contributed by atoms with van der Waals surface area (Å²) < 4.78 is 23.3. The van der Waals surface area contributed by atoms with Crippen molar-refractivity contribution < 1.29 is 13.2 Å². The molecule has 5 nitrogen and oxygen atoms in total. The molecule has 148 valence electrons. The summed E-state index contributed by atoms with van der Waals surface area (Å²) in [6.45, 7) is 3.19. The third-order valence-electron chi connectivity index (χ3n) is 5.96. The van der Waals surface area contributed by atoms with Crippen molar-refractivity contribution in [3.05, 3.63) is 64.7 Å². The number of hydrogen-bond donors (Lipinski definition) is 1. The second-order valence-corrected chi connectivity index (χ2v) is 9.66. The summed E-state index contributed by atoms with van der Waals surface area (Å²) in [5.41, 5.74) is 4.44. The highest BCUT2D eigenvalue weighted by Crippen LogP contribution is 2.45. The van der Waals surface area contributed by atoms with E-state index in [0.717, 1.165) is 17.5 Å². The molecule has 1 aliphatic heterocycles. The predicted molar refractivity (Wildman–Crippen MR) is 108 cm³/mol. The number of carbonyl (C=O) groups is 1. The molecule has 6 heteroatoms. The quantitative estimate of drug-likeness (QED) is 0.840. The lowest BCUT2D eigenvalue weighted by atomic mass is 9.89. The van der Waals surface area contributed by atoms with Crippen LogP contribution < -0.4 is 5.14 Å². The van der Waals surface area contributed by atoms with E-state index in [1.807, 2.05) is 11.0 Å². The number of sulfonamides is 1. The predicted octanol–water partition coefficient (Wildman–Crippen LogP) is 3.11. The molecule has 0 radical (unpaired) electrons. The number of rotatable bonds is 5. The van der Waals surface area contributed by atoms with Crippen LogP contribution in [0.3, 0.4) is 0 Å². The normalized spacial score (nSPS) is 17.9. The SMILES string of the molecule is Cc1ccc(C(CC(=O)N2CCc3ccc(S(N)(=O)=O)cc3C2)C2CC2)cc1. The molecule has 0 spiro atoms. The number of carbonyl (C=O) groups excluding carboxylic acids is 1. The minimum Gasteiger partial charge on any atom is -0.338 e. The summed E-state index contributed by atoms with van der Waals surface area (Å²) in [5.74, 6) is 1.01. The fourth-order valence-electron chi connectivity index (χ4n) is 4.11. The third kappa shape index (κ3) is 4.13. The zero-order chi connectivity index (χ0) is 19.9. The molecule has 1 aliphatic carbocycles. The van der Waals surface area contributed by atoms with Gasteiger partial charge in [-0.2, -0.15) is 0 Å². The van der Waals surface area contributed by atoms with Gasteiger partial charge in [-0.3, -0.25) is 4.79 Å². The van der Waals surface area contributed by atoms with Gasteiger partial charge in [-0.1, -0.05) is 35.9 Å². The minimum atomic E-state index is -3.74. The van der Waals surface area contributed by atoms with E-state index in [0.29, 0.717) is 25.4 Å². The fourth-order valence-corrected chi connectivity index (χ4v) is 4.67. The Labute approximate surface area is 166 Å². The van der Waals surface area contributed by atoms with Crippen LogP contribution in [0, 0.1) is 12.8 Å². The van der Waals surface area contributed by atoms with Crippen molar-refractivity contribution in [2.45, 2.75) is 50.0 Å². The van der Waals surface area contributed by atoms with Crippen molar-refractivity contribution in [3.63, 3.8) is 0 Å². The summed E-state index contributed by atoms with van der Waals surface area (Å²) in [7, 11) is -3.74. The largest absolute Gasteiger partial charge is 0.338 e. The lowest BCUT2D eigenvalue weighted by Crippen LogP contribution is -2.37. The molecular formula is C22H26N2O3S. The molecule has 0 saturated heterocycles. The van der Waals surface area contributed by atoms with Crippen LogP contribution >= 0.6 is 0 Å². The van der Waals surface area contributed by atoms with Crippen LogP contribution in [0.15, 0.2) is 47.4 Å². The van der Waals surface area contributed by atoms with E-state index in [-0.39, 0.29) is 16.7 Å². The lowest BCUT2D eigenvalue weighted by molar-refractivity contribution is -0.132. The Kier molecular flexibility index (Phi) is 5.02. The maximum atomic E-state index is 13.1. The second-order valence-electron chi connectivity index (χ2n) is 8.10. The first-order chi connectivity index (χ1) is 13.3. The highest BCUT2D eigenvalue weighted by Gasteiger charge is 2.35. The van der Waals surface area contributed by atoms with Gasteiger partial charge in [0, 0.05) is 19.5 Å². The molecule has 1 amide bonds. The number of benzene rings is 2. The molecule has 28 heavy (non-hydrogen) atoms. The van der Waals surface area contributed by atoms with Gasteiger partial charge >= 0.3 is 0 Å². The summed E-state index contributed by atoms with van der Waals surface area (Å²) >= 11 is 0. The number of nitrogens with zero attached hydrogens (tertiary/aromatic N) is 1.